The highest BCUT2D eigenvalue weighted by Gasteiger charge is 2.36. The minimum absolute atomic E-state index is 0.00103. The van der Waals surface area contributed by atoms with Gasteiger partial charge in [-0.3, -0.25) is 0 Å². The highest BCUT2D eigenvalue weighted by atomic mass is 32.2. The second kappa shape index (κ2) is 5.29. The van der Waals surface area contributed by atoms with E-state index in [1.807, 2.05) is 0 Å². The third-order valence-corrected chi connectivity index (χ3v) is 4.93. The summed E-state index contributed by atoms with van der Waals surface area (Å²) in [5.41, 5.74) is 5.64. The van der Waals surface area contributed by atoms with Crippen molar-refractivity contribution in [2.75, 3.05) is 13.6 Å². The maximum absolute atomic E-state index is 13.9. The van der Waals surface area contributed by atoms with Crippen molar-refractivity contribution in [2.45, 2.75) is 23.8 Å². The Balaban J connectivity index is 2.35. The fourth-order valence-electron chi connectivity index (χ4n) is 1.73. The quantitative estimate of drug-likeness (QED) is 0.839. The number of sulfonamides is 1. The van der Waals surface area contributed by atoms with E-state index in [9.17, 15) is 12.8 Å². The van der Waals surface area contributed by atoms with Crippen LogP contribution in [0.25, 0.3) is 0 Å². The zero-order valence-corrected chi connectivity index (χ0v) is 11.4. The lowest BCUT2D eigenvalue weighted by Gasteiger charge is -2.16. The lowest BCUT2D eigenvalue weighted by atomic mass is 10.2. The summed E-state index contributed by atoms with van der Waals surface area (Å²) in [5.74, 6) is 4.48. The van der Waals surface area contributed by atoms with E-state index in [1.165, 1.54) is 23.5 Å². The summed E-state index contributed by atoms with van der Waals surface area (Å²) in [6.45, 7) is 0.173. The number of halogens is 1. The molecule has 0 heterocycles. The van der Waals surface area contributed by atoms with Gasteiger partial charge in [0.25, 0.3) is 0 Å². The Morgan fingerprint density at radius 1 is 1.47 bits per heavy atom. The van der Waals surface area contributed by atoms with Gasteiger partial charge in [-0.25, -0.2) is 12.8 Å². The molecule has 4 nitrogen and oxygen atoms in total. The van der Waals surface area contributed by atoms with Crippen LogP contribution in [-0.4, -0.2) is 32.4 Å². The molecule has 0 amide bonds. The van der Waals surface area contributed by atoms with Crippen LogP contribution >= 0.6 is 0 Å². The van der Waals surface area contributed by atoms with E-state index < -0.39 is 15.8 Å². The van der Waals surface area contributed by atoms with Crippen molar-refractivity contribution in [2.24, 2.45) is 5.73 Å². The topological polar surface area (TPSA) is 63.4 Å². The fourth-order valence-corrected chi connectivity index (χ4v) is 3.19. The van der Waals surface area contributed by atoms with E-state index in [0.717, 1.165) is 18.9 Å². The number of hydrogen-bond donors (Lipinski definition) is 1. The molecule has 0 atom stereocenters. The van der Waals surface area contributed by atoms with Crippen molar-refractivity contribution in [1.29, 1.82) is 0 Å². The summed E-state index contributed by atoms with van der Waals surface area (Å²) in [7, 11) is -2.28. The Kier molecular flexibility index (Phi) is 3.90. The summed E-state index contributed by atoms with van der Waals surface area (Å²) in [6, 6.07) is 3.86. The van der Waals surface area contributed by atoms with Crippen molar-refractivity contribution in [1.82, 2.24) is 4.31 Å². The Hall–Kier alpha value is -1.42. The summed E-state index contributed by atoms with van der Waals surface area (Å²) in [4.78, 5) is -0.305. The first-order valence-electron chi connectivity index (χ1n) is 5.93. The predicted octanol–water partition coefficient (Wildman–Crippen LogP) is 0.919. The highest BCUT2D eigenvalue weighted by Crippen LogP contribution is 2.31. The molecule has 1 saturated carbocycles. The predicted molar refractivity (Wildman–Crippen MR) is 70.3 cm³/mol. The van der Waals surface area contributed by atoms with Crippen LogP contribution < -0.4 is 5.73 Å². The Labute approximate surface area is 112 Å². The SMILES string of the molecule is CN(C1CC1)S(=O)(=O)c1ccc(C#CCN)cc1F. The van der Waals surface area contributed by atoms with Crippen LogP contribution in [0.5, 0.6) is 0 Å². The van der Waals surface area contributed by atoms with Gasteiger partial charge in [-0.05, 0) is 31.0 Å². The smallest absolute Gasteiger partial charge is 0.245 e. The van der Waals surface area contributed by atoms with E-state index in [4.69, 9.17) is 5.73 Å². The van der Waals surface area contributed by atoms with E-state index in [2.05, 4.69) is 11.8 Å². The minimum Gasteiger partial charge on any atom is -0.320 e. The molecule has 1 aromatic carbocycles. The summed E-state index contributed by atoms with van der Waals surface area (Å²) < 4.78 is 39.5. The second-order valence-electron chi connectivity index (χ2n) is 4.40. The summed E-state index contributed by atoms with van der Waals surface area (Å²) >= 11 is 0. The molecule has 6 heteroatoms. The molecule has 1 aromatic rings. The van der Waals surface area contributed by atoms with Crippen molar-refractivity contribution >= 4 is 10.0 Å². The molecule has 19 heavy (non-hydrogen) atoms. The molecule has 1 aliphatic carbocycles. The third-order valence-electron chi connectivity index (χ3n) is 2.98. The second-order valence-corrected chi connectivity index (χ2v) is 6.37. The largest absolute Gasteiger partial charge is 0.320 e. The maximum Gasteiger partial charge on any atom is 0.245 e. The molecule has 0 saturated heterocycles. The molecular weight excluding hydrogens is 267 g/mol. The molecule has 0 bridgehead atoms. The molecule has 2 rings (SSSR count). The first-order chi connectivity index (χ1) is 8.96. The van der Waals surface area contributed by atoms with Gasteiger partial charge in [-0.1, -0.05) is 11.8 Å². The van der Waals surface area contributed by atoms with Crippen molar-refractivity contribution in [3.63, 3.8) is 0 Å². The first-order valence-corrected chi connectivity index (χ1v) is 7.37. The molecule has 1 aliphatic rings. The van der Waals surface area contributed by atoms with Crippen LogP contribution in [0.15, 0.2) is 23.1 Å². The molecule has 1 fully saturated rings. The van der Waals surface area contributed by atoms with Gasteiger partial charge in [-0.15, -0.1) is 0 Å². The zero-order chi connectivity index (χ0) is 14.0. The molecular formula is C13H15FN2O2S. The number of benzene rings is 1. The summed E-state index contributed by atoms with van der Waals surface area (Å²) in [5, 5.41) is 0. The van der Waals surface area contributed by atoms with Crippen molar-refractivity contribution in [3.8, 4) is 11.8 Å². The highest BCUT2D eigenvalue weighted by molar-refractivity contribution is 7.89. The average molecular weight is 282 g/mol. The lowest BCUT2D eigenvalue weighted by molar-refractivity contribution is 0.457. The standard InChI is InChI=1S/C13H15FN2O2S/c1-16(11-5-6-11)19(17,18)13-7-4-10(3-2-8-15)9-12(13)14/h4,7,9,11H,5-6,8,15H2,1H3. The minimum atomic E-state index is -3.76. The molecule has 0 spiro atoms. The Morgan fingerprint density at radius 3 is 2.68 bits per heavy atom. The van der Waals surface area contributed by atoms with Crippen LogP contribution in [0, 0.1) is 17.7 Å². The molecule has 2 N–H and O–H groups in total. The molecule has 102 valence electrons. The van der Waals surface area contributed by atoms with Gasteiger partial charge < -0.3 is 5.73 Å². The van der Waals surface area contributed by atoms with Crippen molar-refractivity contribution in [3.05, 3.63) is 29.6 Å². The van der Waals surface area contributed by atoms with Gasteiger partial charge in [-0.2, -0.15) is 4.31 Å². The summed E-state index contributed by atoms with van der Waals surface area (Å²) in [6.07, 6.45) is 1.66. The van der Waals surface area contributed by atoms with E-state index in [0.29, 0.717) is 5.56 Å². The average Bonchev–Trinajstić information content (AvgIpc) is 3.19. The Bertz CT molecular complexity index is 642. The molecule has 0 aliphatic heterocycles. The number of rotatable bonds is 3. The van der Waals surface area contributed by atoms with Crippen LogP contribution in [-0.2, 0) is 10.0 Å². The number of nitrogens with two attached hydrogens (primary N) is 1. The molecule has 0 unspecified atom stereocenters. The van der Waals surface area contributed by atoms with Crippen molar-refractivity contribution < 1.29 is 12.8 Å². The number of hydrogen-bond acceptors (Lipinski definition) is 3. The van der Waals surface area contributed by atoms with Crippen LogP contribution in [0.2, 0.25) is 0 Å². The zero-order valence-electron chi connectivity index (χ0n) is 10.6. The fraction of sp³-hybridized carbons (Fsp3) is 0.385. The monoisotopic (exact) mass is 282 g/mol. The van der Waals surface area contributed by atoms with E-state index >= 15 is 0 Å². The third kappa shape index (κ3) is 2.95. The molecule has 0 aromatic heterocycles. The van der Waals surface area contributed by atoms with Gasteiger partial charge in [0.05, 0.1) is 6.54 Å². The van der Waals surface area contributed by atoms with Gasteiger partial charge in [0.1, 0.15) is 10.7 Å². The Morgan fingerprint density at radius 2 is 2.16 bits per heavy atom. The normalized spacial score (nSPS) is 15.2. The van der Waals surface area contributed by atoms with Crippen LogP contribution in [0.4, 0.5) is 4.39 Å². The van der Waals surface area contributed by atoms with Gasteiger partial charge in [0, 0.05) is 18.7 Å². The van der Waals surface area contributed by atoms with Gasteiger partial charge in [0.15, 0.2) is 0 Å². The lowest BCUT2D eigenvalue weighted by Crippen LogP contribution is -2.29. The molecule has 0 radical (unpaired) electrons. The van der Waals surface area contributed by atoms with E-state index in [1.54, 1.807) is 0 Å². The van der Waals surface area contributed by atoms with Gasteiger partial charge >= 0.3 is 0 Å². The van der Waals surface area contributed by atoms with Crippen LogP contribution in [0.1, 0.15) is 18.4 Å². The van der Waals surface area contributed by atoms with Gasteiger partial charge in [0.2, 0.25) is 10.0 Å². The number of nitrogens with zero attached hydrogens (tertiary/aromatic N) is 1. The first kappa shape index (κ1) is 14.0. The maximum atomic E-state index is 13.9. The van der Waals surface area contributed by atoms with Crippen LogP contribution in [0.3, 0.4) is 0 Å². The van der Waals surface area contributed by atoms with E-state index in [-0.39, 0.29) is 17.5 Å².